The molecule has 0 aliphatic carbocycles. The molecule has 1 amide bonds. The van der Waals surface area contributed by atoms with Crippen LogP contribution in [0.15, 0.2) is 36.4 Å². The molecule has 2 aromatic rings. The molecule has 5 nitrogen and oxygen atoms in total. The minimum Gasteiger partial charge on any atom is -0.319 e. The molecule has 1 aromatic heterocycles. The van der Waals surface area contributed by atoms with Crippen molar-refractivity contribution < 1.29 is 4.79 Å². The van der Waals surface area contributed by atoms with E-state index < -0.39 is 0 Å². The van der Waals surface area contributed by atoms with E-state index in [1.54, 1.807) is 24.3 Å². The fourth-order valence-electron chi connectivity index (χ4n) is 1.61. The van der Waals surface area contributed by atoms with Crippen LogP contribution < -0.4 is 16.6 Å². The molecule has 1 heterocycles. The summed E-state index contributed by atoms with van der Waals surface area (Å²) in [5.41, 5.74) is 4.12. The minimum absolute atomic E-state index is 0.259. The Kier molecular flexibility index (Phi) is 3.99. The largest absolute Gasteiger partial charge is 0.319 e. The van der Waals surface area contributed by atoms with Crippen LogP contribution in [-0.4, -0.2) is 10.9 Å². The Morgan fingerprint density at radius 2 is 2.00 bits per heavy atom. The molecule has 0 fully saturated rings. The summed E-state index contributed by atoms with van der Waals surface area (Å²) in [5.74, 6) is 5.33. The third-order valence-electron chi connectivity index (χ3n) is 2.59. The maximum atomic E-state index is 12.1. The van der Waals surface area contributed by atoms with E-state index in [1.807, 2.05) is 19.1 Å². The first-order valence-electron chi connectivity index (χ1n) is 5.62. The lowest BCUT2D eigenvalue weighted by Gasteiger charge is -2.10. The van der Waals surface area contributed by atoms with Crippen molar-refractivity contribution in [2.75, 3.05) is 10.7 Å². The zero-order valence-corrected chi connectivity index (χ0v) is 11.0. The number of nitrogen functional groups attached to an aromatic ring is 1. The van der Waals surface area contributed by atoms with Gasteiger partial charge in [-0.1, -0.05) is 29.8 Å². The van der Waals surface area contributed by atoms with Crippen LogP contribution in [0.1, 0.15) is 16.1 Å². The molecular weight excluding hydrogens is 264 g/mol. The molecule has 0 atom stereocenters. The van der Waals surface area contributed by atoms with Crippen LogP contribution in [0.5, 0.6) is 0 Å². The summed E-state index contributed by atoms with van der Waals surface area (Å²) in [6.45, 7) is 1.87. The molecule has 1 aromatic carbocycles. The maximum absolute atomic E-state index is 12.1. The number of pyridine rings is 1. The number of anilines is 2. The van der Waals surface area contributed by atoms with Crippen molar-refractivity contribution in [2.45, 2.75) is 6.92 Å². The van der Waals surface area contributed by atoms with E-state index in [-0.39, 0.29) is 11.6 Å². The second-order valence-electron chi connectivity index (χ2n) is 3.94. The topological polar surface area (TPSA) is 80.0 Å². The SMILES string of the molecule is Cc1cccc(Cl)c1NC(=O)c1cccc(NN)n1. The Hall–Kier alpha value is -2.11. The molecule has 0 aliphatic heterocycles. The highest BCUT2D eigenvalue weighted by atomic mass is 35.5. The van der Waals surface area contributed by atoms with Gasteiger partial charge in [0.15, 0.2) is 0 Å². The van der Waals surface area contributed by atoms with Gasteiger partial charge in [0.1, 0.15) is 11.5 Å². The number of nitrogens with one attached hydrogen (secondary N) is 2. The zero-order valence-electron chi connectivity index (χ0n) is 10.3. The average molecular weight is 277 g/mol. The summed E-state index contributed by atoms with van der Waals surface area (Å²) in [6, 6.07) is 10.4. The van der Waals surface area contributed by atoms with E-state index in [4.69, 9.17) is 17.4 Å². The average Bonchev–Trinajstić information content (AvgIpc) is 2.43. The molecule has 0 radical (unpaired) electrons. The van der Waals surface area contributed by atoms with Gasteiger partial charge in [0, 0.05) is 0 Å². The van der Waals surface area contributed by atoms with Gasteiger partial charge < -0.3 is 10.7 Å². The minimum atomic E-state index is -0.340. The lowest BCUT2D eigenvalue weighted by molar-refractivity contribution is 0.102. The Morgan fingerprint density at radius 3 is 2.68 bits per heavy atom. The van der Waals surface area contributed by atoms with Gasteiger partial charge in [-0.3, -0.25) is 4.79 Å². The number of aryl methyl sites for hydroxylation is 1. The number of nitrogens with two attached hydrogens (primary N) is 1. The molecule has 0 saturated carbocycles. The fraction of sp³-hybridized carbons (Fsp3) is 0.0769. The standard InChI is InChI=1S/C13H13ClN4O/c1-8-4-2-5-9(14)12(8)17-13(19)10-6-3-7-11(16-10)18-15/h2-7H,15H2,1H3,(H,16,18)(H,17,19). The Morgan fingerprint density at radius 1 is 1.26 bits per heavy atom. The van der Waals surface area contributed by atoms with E-state index in [0.717, 1.165) is 5.56 Å². The zero-order chi connectivity index (χ0) is 13.8. The molecule has 98 valence electrons. The van der Waals surface area contributed by atoms with Crippen molar-refractivity contribution in [3.63, 3.8) is 0 Å². The van der Waals surface area contributed by atoms with Crippen molar-refractivity contribution in [3.05, 3.63) is 52.7 Å². The molecule has 0 spiro atoms. The van der Waals surface area contributed by atoms with Crippen molar-refractivity contribution in [2.24, 2.45) is 5.84 Å². The predicted octanol–water partition coefficient (Wildman–Crippen LogP) is 2.58. The van der Waals surface area contributed by atoms with Crippen molar-refractivity contribution in [3.8, 4) is 0 Å². The third kappa shape index (κ3) is 3.01. The summed E-state index contributed by atoms with van der Waals surface area (Å²) in [4.78, 5) is 16.1. The Balaban J connectivity index is 2.25. The van der Waals surface area contributed by atoms with E-state index >= 15 is 0 Å². The van der Waals surface area contributed by atoms with Crippen LogP contribution in [0.25, 0.3) is 0 Å². The lowest BCUT2D eigenvalue weighted by Crippen LogP contribution is -2.16. The number of hydrogen-bond donors (Lipinski definition) is 3. The number of carbonyl (C=O) groups is 1. The van der Waals surface area contributed by atoms with Gasteiger partial charge in [0.2, 0.25) is 0 Å². The highest BCUT2D eigenvalue weighted by Gasteiger charge is 2.11. The summed E-state index contributed by atoms with van der Waals surface area (Å²) in [6.07, 6.45) is 0. The first-order chi connectivity index (χ1) is 9.11. The van der Waals surface area contributed by atoms with E-state index in [0.29, 0.717) is 16.5 Å². The van der Waals surface area contributed by atoms with Gasteiger partial charge in [0.25, 0.3) is 5.91 Å². The number of benzene rings is 1. The monoisotopic (exact) mass is 276 g/mol. The van der Waals surface area contributed by atoms with Crippen molar-refractivity contribution in [1.82, 2.24) is 4.98 Å². The van der Waals surface area contributed by atoms with Crippen molar-refractivity contribution in [1.29, 1.82) is 0 Å². The van der Waals surface area contributed by atoms with E-state index in [2.05, 4.69) is 15.7 Å². The fourth-order valence-corrected chi connectivity index (χ4v) is 1.88. The first kappa shape index (κ1) is 13.3. The third-order valence-corrected chi connectivity index (χ3v) is 2.91. The van der Waals surface area contributed by atoms with Crippen LogP contribution in [-0.2, 0) is 0 Å². The van der Waals surface area contributed by atoms with E-state index in [9.17, 15) is 4.79 Å². The molecule has 4 N–H and O–H groups in total. The number of para-hydroxylation sites is 1. The molecule has 0 unspecified atom stereocenters. The molecule has 6 heteroatoms. The molecule has 2 rings (SSSR count). The Bertz CT molecular complexity index is 595. The summed E-state index contributed by atoms with van der Waals surface area (Å²) in [7, 11) is 0. The van der Waals surface area contributed by atoms with Crippen LogP contribution in [0, 0.1) is 6.92 Å². The molecule has 0 saturated heterocycles. The van der Waals surface area contributed by atoms with Crippen molar-refractivity contribution >= 4 is 29.0 Å². The Labute approximate surface area is 115 Å². The predicted molar refractivity (Wildman–Crippen MR) is 76.2 cm³/mol. The number of hydrogen-bond acceptors (Lipinski definition) is 4. The molecule has 0 aliphatic rings. The second-order valence-corrected chi connectivity index (χ2v) is 4.35. The van der Waals surface area contributed by atoms with Gasteiger partial charge in [-0.05, 0) is 30.7 Å². The molecule has 0 bridgehead atoms. The number of nitrogens with zero attached hydrogens (tertiary/aromatic N) is 1. The summed E-state index contributed by atoms with van der Waals surface area (Å²) < 4.78 is 0. The van der Waals surface area contributed by atoms with Gasteiger partial charge in [-0.15, -0.1) is 0 Å². The number of carbonyl (C=O) groups excluding carboxylic acids is 1. The van der Waals surface area contributed by atoms with Gasteiger partial charge >= 0.3 is 0 Å². The quantitative estimate of drug-likeness (QED) is 0.595. The number of aromatic nitrogens is 1. The van der Waals surface area contributed by atoms with E-state index in [1.165, 1.54) is 0 Å². The van der Waals surface area contributed by atoms with Gasteiger partial charge in [-0.2, -0.15) is 0 Å². The highest BCUT2D eigenvalue weighted by molar-refractivity contribution is 6.34. The van der Waals surface area contributed by atoms with Gasteiger partial charge in [0.05, 0.1) is 10.7 Å². The number of hydrazine groups is 1. The molecular formula is C13H13ClN4O. The van der Waals surface area contributed by atoms with Crippen LogP contribution in [0.3, 0.4) is 0 Å². The lowest BCUT2D eigenvalue weighted by atomic mass is 10.2. The smallest absolute Gasteiger partial charge is 0.274 e. The van der Waals surface area contributed by atoms with Crippen LogP contribution in [0.2, 0.25) is 5.02 Å². The first-order valence-corrected chi connectivity index (χ1v) is 5.99. The van der Waals surface area contributed by atoms with Crippen LogP contribution in [0.4, 0.5) is 11.5 Å². The summed E-state index contributed by atoms with van der Waals surface area (Å²) in [5, 5.41) is 3.23. The van der Waals surface area contributed by atoms with Crippen LogP contribution >= 0.6 is 11.6 Å². The summed E-state index contributed by atoms with van der Waals surface area (Å²) >= 11 is 6.05. The van der Waals surface area contributed by atoms with Gasteiger partial charge in [-0.25, -0.2) is 10.8 Å². The molecule has 19 heavy (non-hydrogen) atoms. The number of halogens is 1. The number of amides is 1. The maximum Gasteiger partial charge on any atom is 0.274 e. The number of rotatable bonds is 3. The highest BCUT2D eigenvalue weighted by Crippen LogP contribution is 2.25. The second kappa shape index (κ2) is 5.69. The normalized spacial score (nSPS) is 10.1.